The minimum absolute atomic E-state index is 0.256. The second kappa shape index (κ2) is 4.41. The Labute approximate surface area is 94.0 Å². The molecule has 0 aliphatic rings. The van der Waals surface area contributed by atoms with Crippen LogP contribution in [0.3, 0.4) is 0 Å². The van der Waals surface area contributed by atoms with E-state index in [4.69, 9.17) is 5.11 Å². The smallest absolute Gasteiger partial charge is 0.347 e. The van der Waals surface area contributed by atoms with Crippen LogP contribution >= 0.6 is 23.1 Å². The molecular weight excluding hydrogens is 232 g/mol. The van der Waals surface area contributed by atoms with Gasteiger partial charge in [-0.25, -0.2) is 9.78 Å². The zero-order chi connectivity index (χ0) is 10.7. The molecule has 2 heterocycles. The van der Waals surface area contributed by atoms with Gasteiger partial charge in [0.15, 0.2) is 4.34 Å². The van der Waals surface area contributed by atoms with Gasteiger partial charge in [-0.3, -0.25) is 4.98 Å². The molecular formula is C9H6N2O2S2. The molecule has 2 rings (SSSR count). The molecule has 15 heavy (non-hydrogen) atoms. The molecule has 0 amide bonds. The van der Waals surface area contributed by atoms with Gasteiger partial charge < -0.3 is 5.11 Å². The number of carboxylic acid groups (broad SMARTS) is 1. The van der Waals surface area contributed by atoms with Crippen molar-refractivity contribution >= 4 is 29.1 Å². The highest BCUT2D eigenvalue weighted by Gasteiger charge is 2.09. The number of nitrogens with zero attached hydrogens (tertiary/aromatic N) is 2. The van der Waals surface area contributed by atoms with Crippen LogP contribution in [0, 0.1) is 0 Å². The van der Waals surface area contributed by atoms with E-state index in [9.17, 15) is 4.79 Å². The summed E-state index contributed by atoms with van der Waals surface area (Å²) < 4.78 is 0.721. The predicted octanol–water partition coefficient (Wildman–Crippen LogP) is 2.39. The molecule has 0 fully saturated rings. The minimum Gasteiger partial charge on any atom is -0.477 e. The number of aromatic carboxylic acids is 1. The normalized spacial score (nSPS) is 10.1. The molecule has 6 heteroatoms. The SMILES string of the molecule is O=C(O)c1cnc(Sc2ccncc2)s1. The number of thiazole rings is 1. The van der Waals surface area contributed by atoms with E-state index < -0.39 is 5.97 Å². The third-order valence-electron chi connectivity index (χ3n) is 1.55. The number of carbonyl (C=O) groups is 1. The van der Waals surface area contributed by atoms with Crippen molar-refractivity contribution in [2.45, 2.75) is 9.24 Å². The van der Waals surface area contributed by atoms with Gasteiger partial charge in [0.05, 0.1) is 6.20 Å². The molecule has 4 nitrogen and oxygen atoms in total. The van der Waals surface area contributed by atoms with E-state index in [0.29, 0.717) is 0 Å². The van der Waals surface area contributed by atoms with Crippen molar-refractivity contribution in [1.82, 2.24) is 9.97 Å². The van der Waals surface area contributed by atoms with Crippen LogP contribution in [0.15, 0.2) is 40.0 Å². The zero-order valence-electron chi connectivity index (χ0n) is 7.45. The summed E-state index contributed by atoms with van der Waals surface area (Å²) in [5.41, 5.74) is 0. The Morgan fingerprint density at radius 1 is 1.40 bits per heavy atom. The van der Waals surface area contributed by atoms with Gasteiger partial charge >= 0.3 is 5.97 Å². The van der Waals surface area contributed by atoms with Crippen molar-refractivity contribution < 1.29 is 9.90 Å². The number of hydrogen-bond donors (Lipinski definition) is 1. The fourth-order valence-corrected chi connectivity index (χ4v) is 2.69. The summed E-state index contributed by atoms with van der Waals surface area (Å²) in [4.78, 5) is 19.8. The quantitative estimate of drug-likeness (QED) is 0.889. The van der Waals surface area contributed by atoms with Crippen LogP contribution in [0.2, 0.25) is 0 Å². The van der Waals surface area contributed by atoms with Crippen LogP contribution in [-0.4, -0.2) is 21.0 Å². The molecule has 0 saturated carbocycles. The van der Waals surface area contributed by atoms with Gasteiger partial charge in [0, 0.05) is 17.3 Å². The highest BCUT2D eigenvalue weighted by atomic mass is 32.2. The first-order valence-corrected chi connectivity index (χ1v) is 5.66. The zero-order valence-corrected chi connectivity index (χ0v) is 9.09. The number of rotatable bonds is 3. The molecule has 1 N–H and O–H groups in total. The number of pyridine rings is 1. The second-order valence-electron chi connectivity index (χ2n) is 2.58. The van der Waals surface area contributed by atoms with Crippen molar-refractivity contribution in [3.05, 3.63) is 35.6 Å². The predicted molar refractivity (Wildman–Crippen MR) is 57.4 cm³/mol. The Morgan fingerprint density at radius 3 is 2.73 bits per heavy atom. The van der Waals surface area contributed by atoms with E-state index in [1.165, 1.54) is 29.3 Å². The van der Waals surface area contributed by atoms with E-state index in [1.807, 2.05) is 12.1 Å². The Hall–Kier alpha value is -1.40. The standard InChI is InChI=1S/C9H6N2O2S2/c12-8(13)7-5-11-9(15-7)14-6-1-3-10-4-2-6/h1-5H,(H,12,13). The van der Waals surface area contributed by atoms with E-state index in [-0.39, 0.29) is 4.88 Å². The van der Waals surface area contributed by atoms with Gasteiger partial charge in [-0.15, -0.1) is 11.3 Å². The third kappa shape index (κ3) is 2.54. The van der Waals surface area contributed by atoms with E-state index in [1.54, 1.807) is 12.4 Å². The van der Waals surface area contributed by atoms with Crippen LogP contribution < -0.4 is 0 Å². The van der Waals surface area contributed by atoms with Crippen LogP contribution in [0.4, 0.5) is 0 Å². The molecule has 0 radical (unpaired) electrons. The highest BCUT2D eigenvalue weighted by Crippen LogP contribution is 2.30. The Kier molecular flexibility index (Phi) is 2.98. The third-order valence-corrected chi connectivity index (χ3v) is 3.62. The first-order chi connectivity index (χ1) is 7.25. The second-order valence-corrected chi connectivity index (χ2v) is 4.93. The Balaban J connectivity index is 2.15. The summed E-state index contributed by atoms with van der Waals surface area (Å²) in [5, 5.41) is 8.72. The molecule has 0 aliphatic heterocycles. The van der Waals surface area contributed by atoms with Crippen LogP contribution in [0.1, 0.15) is 9.67 Å². The van der Waals surface area contributed by atoms with Crippen molar-refractivity contribution in [3.8, 4) is 0 Å². The number of carboxylic acids is 1. The van der Waals surface area contributed by atoms with Gasteiger partial charge in [0.25, 0.3) is 0 Å². The lowest BCUT2D eigenvalue weighted by molar-refractivity contribution is 0.0702. The van der Waals surface area contributed by atoms with E-state index >= 15 is 0 Å². The number of aromatic nitrogens is 2. The molecule has 2 aromatic heterocycles. The molecule has 0 spiro atoms. The average Bonchev–Trinajstić information content (AvgIpc) is 2.68. The van der Waals surface area contributed by atoms with E-state index in [2.05, 4.69) is 9.97 Å². The first kappa shape index (κ1) is 10.1. The lowest BCUT2D eigenvalue weighted by atomic mass is 10.5. The lowest BCUT2D eigenvalue weighted by Crippen LogP contribution is -1.89. The molecule has 0 aromatic carbocycles. The average molecular weight is 238 g/mol. The summed E-state index contributed by atoms with van der Waals surface area (Å²) in [5.74, 6) is -0.936. The maximum atomic E-state index is 10.6. The first-order valence-electron chi connectivity index (χ1n) is 4.03. The molecule has 76 valence electrons. The van der Waals surface area contributed by atoms with Crippen molar-refractivity contribution in [3.63, 3.8) is 0 Å². The topological polar surface area (TPSA) is 63.1 Å². The summed E-state index contributed by atoms with van der Waals surface area (Å²) in [6, 6.07) is 3.71. The Bertz CT molecular complexity index is 470. The van der Waals surface area contributed by atoms with E-state index in [0.717, 1.165) is 9.24 Å². The Morgan fingerprint density at radius 2 is 2.13 bits per heavy atom. The summed E-state index contributed by atoms with van der Waals surface area (Å²) in [6.45, 7) is 0. The lowest BCUT2D eigenvalue weighted by Gasteiger charge is -1.94. The molecule has 0 atom stereocenters. The molecule has 0 bridgehead atoms. The maximum absolute atomic E-state index is 10.6. The molecule has 2 aromatic rings. The molecule has 0 unspecified atom stereocenters. The fourth-order valence-electron chi connectivity index (χ4n) is 0.911. The van der Waals surface area contributed by atoms with Gasteiger partial charge in [-0.2, -0.15) is 0 Å². The molecule has 0 aliphatic carbocycles. The summed E-state index contributed by atoms with van der Waals surface area (Å²) in [7, 11) is 0. The van der Waals surface area contributed by atoms with Gasteiger partial charge in [0.2, 0.25) is 0 Å². The van der Waals surface area contributed by atoms with Gasteiger partial charge in [-0.1, -0.05) is 11.8 Å². The largest absolute Gasteiger partial charge is 0.477 e. The summed E-state index contributed by atoms with van der Waals surface area (Å²) >= 11 is 2.60. The monoisotopic (exact) mass is 238 g/mol. The minimum atomic E-state index is -0.936. The van der Waals surface area contributed by atoms with Gasteiger partial charge in [0.1, 0.15) is 4.88 Å². The van der Waals surface area contributed by atoms with Crippen molar-refractivity contribution in [1.29, 1.82) is 0 Å². The summed E-state index contributed by atoms with van der Waals surface area (Å²) in [6.07, 6.45) is 4.75. The number of hydrogen-bond acceptors (Lipinski definition) is 5. The highest BCUT2D eigenvalue weighted by molar-refractivity contribution is 8.01. The fraction of sp³-hybridized carbons (Fsp3) is 0. The van der Waals surface area contributed by atoms with Crippen molar-refractivity contribution in [2.24, 2.45) is 0 Å². The van der Waals surface area contributed by atoms with Crippen LogP contribution in [0.25, 0.3) is 0 Å². The van der Waals surface area contributed by atoms with Crippen molar-refractivity contribution in [2.75, 3.05) is 0 Å². The molecule has 0 saturated heterocycles. The van der Waals surface area contributed by atoms with Crippen LogP contribution in [-0.2, 0) is 0 Å². The van der Waals surface area contributed by atoms with Gasteiger partial charge in [-0.05, 0) is 12.1 Å². The maximum Gasteiger partial charge on any atom is 0.347 e. The van der Waals surface area contributed by atoms with Crippen LogP contribution in [0.5, 0.6) is 0 Å².